The lowest BCUT2D eigenvalue weighted by Gasteiger charge is -2.03. The number of fused-ring (bicyclic) bond motifs is 1. The van der Waals surface area contributed by atoms with Gasteiger partial charge < -0.3 is 5.73 Å². The van der Waals surface area contributed by atoms with Gasteiger partial charge in [-0.1, -0.05) is 29.6 Å². The summed E-state index contributed by atoms with van der Waals surface area (Å²) in [5.74, 6) is 0. The fourth-order valence-electron chi connectivity index (χ4n) is 1.33. The molecule has 0 saturated heterocycles. The zero-order chi connectivity index (χ0) is 11.7. The zero-order valence-corrected chi connectivity index (χ0v) is 10.1. The number of allylic oxidation sites excluding steroid dienone is 1. The van der Waals surface area contributed by atoms with Crippen molar-refractivity contribution in [3.63, 3.8) is 0 Å². The van der Waals surface area contributed by atoms with E-state index in [2.05, 4.69) is 0 Å². The average molecular weight is 245 g/mol. The zero-order valence-electron chi connectivity index (χ0n) is 8.44. The summed E-state index contributed by atoms with van der Waals surface area (Å²) >= 11 is 2.86. The molecule has 0 atom stereocenters. The van der Waals surface area contributed by atoms with Crippen LogP contribution < -0.4 is 5.73 Å². The Kier molecular flexibility index (Phi) is 2.82. The molecule has 0 bridgehead atoms. The van der Waals surface area contributed by atoms with Gasteiger partial charge in [0.05, 0.1) is 9.13 Å². The third kappa shape index (κ3) is 1.65. The summed E-state index contributed by atoms with van der Waals surface area (Å²) in [6.07, 6.45) is 0. The summed E-state index contributed by atoms with van der Waals surface area (Å²) in [6.45, 7) is 1.99. The van der Waals surface area contributed by atoms with E-state index in [4.69, 9.17) is 16.3 Å². The molecule has 0 radical (unpaired) electrons. The summed E-state index contributed by atoms with van der Waals surface area (Å²) in [5, 5.41) is 17.6. The molecule has 2 N–H and O–H groups in total. The standard InChI is InChI=1S/C11H7N3S2/c1-6-2-3-8(14)10-9(6)15-11(16-10)7(4-12)5-13/h2-3H,14H2,1H3. The number of nitrogens with zero attached hydrogens (tertiary/aromatic N) is 2. The van der Waals surface area contributed by atoms with Crippen LogP contribution in [0.4, 0.5) is 5.69 Å². The maximum absolute atomic E-state index is 8.82. The maximum Gasteiger partial charge on any atom is 0.150 e. The highest BCUT2D eigenvalue weighted by Gasteiger charge is 2.24. The Morgan fingerprint density at radius 1 is 1.19 bits per heavy atom. The predicted molar refractivity (Wildman–Crippen MR) is 65.6 cm³/mol. The minimum Gasteiger partial charge on any atom is -0.398 e. The molecule has 1 aromatic carbocycles. The van der Waals surface area contributed by atoms with Gasteiger partial charge in [0.25, 0.3) is 0 Å². The third-order valence-corrected chi connectivity index (χ3v) is 4.94. The Hall–Kier alpha value is -1.56. The first-order chi connectivity index (χ1) is 7.67. The quantitative estimate of drug-likeness (QED) is 0.561. The van der Waals surface area contributed by atoms with Crippen LogP contribution in [-0.2, 0) is 0 Å². The molecule has 0 unspecified atom stereocenters. The SMILES string of the molecule is Cc1ccc(N)c2c1SC(=C(C#N)C#N)S2. The number of anilines is 1. The number of thioether (sulfide) groups is 2. The second kappa shape index (κ2) is 4.13. The summed E-state index contributed by atoms with van der Waals surface area (Å²) in [7, 11) is 0. The van der Waals surface area contributed by atoms with Gasteiger partial charge in [-0.3, -0.25) is 0 Å². The van der Waals surface area contributed by atoms with Crippen molar-refractivity contribution in [2.24, 2.45) is 0 Å². The second-order valence-corrected chi connectivity index (χ2v) is 5.52. The Morgan fingerprint density at radius 3 is 2.38 bits per heavy atom. The van der Waals surface area contributed by atoms with Crippen LogP contribution >= 0.6 is 23.5 Å². The van der Waals surface area contributed by atoms with Crippen molar-refractivity contribution >= 4 is 29.2 Å². The number of hydrogen-bond donors (Lipinski definition) is 1. The Morgan fingerprint density at radius 2 is 1.81 bits per heavy atom. The monoisotopic (exact) mass is 245 g/mol. The highest BCUT2D eigenvalue weighted by atomic mass is 32.2. The van der Waals surface area contributed by atoms with Gasteiger partial charge in [-0.15, -0.1) is 0 Å². The molecule has 16 heavy (non-hydrogen) atoms. The number of hydrogen-bond acceptors (Lipinski definition) is 5. The van der Waals surface area contributed by atoms with Crippen molar-refractivity contribution in [1.29, 1.82) is 10.5 Å². The number of aryl methyl sites for hydroxylation is 1. The lowest BCUT2D eigenvalue weighted by atomic mass is 10.2. The van der Waals surface area contributed by atoms with Crippen LogP contribution in [0.5, 0.6) is 0 Å². The van der Waals surface area contributed by atoms with Crippen LogP contribution in [0.1, 0.15) is 5.56 Å². The van der Waals surface area contributed by atoms with Gasteiger partial charge in [-0.2, -0.15) is 10.5 Å². The fraction of sp³-hybridized carbons (Fsp3) is 0.0909. The number of benzene rings is 1. The topological polar surface area (TPSA) is 73.6 Å². The molecule has 0 aromatic heterocycles. The van der Waals surface area contributed by atoms with Gasteiger partial charge in [0, 0.05) is 10.6 Å². The van der Waals surface area contributed by atoms with Crippen molar-refractivity contribution in [3.8, 4) is 12.1 Å². The highest BCUT2D eigenvalue weighted by Crippen LogP contribution is 2.55. The van der Waals surface area contributed by atoms with Crippen LogP contribution in [-0.4, -0.2) is 0 Å². The number of nitriles is 2. The van der Waals surface area contributed by atoms with E-state index < -0.39 is 0 Å². The minimum atomic E-state index is 0.157. The summed E-state index contributed by atoms with van der Waals surface area (Å²) < 4.78 is 0.723. The molecule has 1 aliphatic rings. The van der Waals surface area contributed by atoms with E-state index in [1.165, 1.54) is 23.5 Å². The number of rotatable bonds is 0. The largest absolute Gasteiger partial charge is 0.398 e. The van der Waals surface area contributed by atoms with Gasteiger partial charge in [0.2, 0.25) is 0 Å². The number of nitrogens with two attached hydrogens (primary N) is 1. The molecule has 5 heteroatoms. The smallest absolute Gasteiger partial charge is 0.150 e. The van der Waals surface area contributed by atoms with Crippen molar-refractivity contribution in [3.05, 3.63) is 27.5 Å². The molecular weight excluding hydrogens is 238 g/mol. The van der Waals surface area contributed by atoms with E-state index in [0.29, 0.717) is 5.69 Å². The van der Waals surface area contributed by atoms with Gasteiger partial charge in [-0.25, -0.2) is 0 Å². The molecule has 1 heterocycles. The molecule has 78 valence electrons. The van der Waals surface area contributed by atoms with Crippen molar-refractivity contribution < 1.29 is 0 Å². The molecule has 0 spiro atoms. The Bertz CT molecular complexity index is 527. The van der Waals surface area contributed by atoms with Crippen molar-refractivity contribution in [1.82, 2.24) is 0 Å². The van der Waals surface area contributed by atoms with Crippen molar-refractivity contribution in [2.75, 3.05) is 5.73 Å². The van der Waals surface area contributed by atoms with Gasteiger partial charge in [0.15, 0.2) is 0 Å². The molecule has 1 aromatic rings. The fourth-order valence-corrected chi connectivity index (χ4v) is 3.89. The van der Waals surface area contributed by atoms with Gasteiger partial charge in [-0.05, 0) is 18.6 Å². The lowest BCUT2D eigenvalue weighted by molar-refractivity contribution is 1.19. The molecule has 3 nitrogen and oxygen atoms in total. The Labute approximate surface area is 102 Å². The van der Waals surface area contributed by atoms with Gasteiger partial charge >= 0.3 is 0 Å². The first-order valence-electron chi connectivity index (χ1n) is 4.46. The minimum absolute atomic E-state index is 0.157. The summed E-state index contributed by atoms with van der Waals surface area (Å²) in [5.41, 5.74) is 7.84. The first-order valence-corrected chi connectivity index (χ1v) is 6.10. The molecule has 1 aliphatic heterocycles. The van der Waals surface area contributed by atoms with Crippen LogP contribution in [0, 0.1) is 29.6 Å². The lowest BCUT2D eigenvalue weighted by Crippen LogP contribution is -1.88. The molecule has 0 fully saturated rings. The van der Waals surface area contributed by atoms with Crippen LogP contribution in [0.15, 0.2) is 31.7 Å². The van der Waals surface area contributed by atoms with Crippen molar-refractivity contribution in [2.45, 2.75) is 16.7 Å². The van der Waals surface area contributed by atoms with E-state index in [-0.39, 0.29) is 5.57 Å². The molecule has 0 aliphatic carbocycles. The second-order valence-electron chi connectivity index (χ2n) is 3.22. The van der Waals surface area contributed by atoms with E-state index in [9.17, 15) is 0 Å². The van der Waals surface area contributed by atoms with E-state index in [0.717, 1.165) is 19.6 Å². The predicted octanol–water partition coefficient (Wildman–Crippen LogP) is 3.03. The summed E-state index contributed by atoms with van der Waals surface area (Å²) in [4.78, 5) is 2.02. The molecule has 0 amide bonds. The molecule has 2 rings (SSSR count). The van der Waals surface area contributed by atoms with E-state index in [1.807, 2.05) is 31.2 Å². The van der Waals surface area contributed by atoms with Crippen LogP contribution in [0.3, 0.4) is 0 Å². The van der Waals surface area contributed by atoms with E-state index >= 15 is 0 Å². The first kappa shape index (κ1) is 10.9. The molecular formula is C11H7N3S2. The maximum atomic E-state index is 8.82. The van der Waals surface area contributed by atoms with Crippen LogP contribution in [0.2, 0.25) is 0 Å². The molecule has 0 saturated carbocycles. The number of nitrogen functional groups attached to an aromatic ring is 1. The summed E-state index contributed by atoms with van der Waals surface area (Å²) in [6, 6.07) is 7.60. The van der Waals surface area contributed by atoms with Gasteiger partial charge in [0.1, 0.15) is 17.7 Å². The normalized spacial score (nSPS) is 12.8. The average Bonchev–Trinajstić information content (AvgIpc) is 2.71. The van der Waals surface area contributed by atoms with E-state index in [1.54, 1.807) is 0 Å². The Balaban J connectivity index is 2.55. The van der Waals surface area contributed by atoms with Crippen LogP contribution in [0.25, 0.3) is 0 Å². The highest BCUT2D eigenvalue weighted by molar-refractivity contribution is 8.24. The third-order valence-electron chi connectivity index (χ3n) is 2.16.